The number of cyclic esters (lactones) is 1. The van der Waals surface area contributed by atoms with Gasteiger partial charge in [-0.3, -0.25) is 4.90 Å². The molecule has 0 spiro atoms. The highest BCUT2D eigenvalue weighted by Crippen LogP contribution is 2.31. The molecule has 0 aliphatic carbocycles. The van der Waals surface area contributed by atoms with Gasteiger partial charge < -0.3 is 13.9 Å². The first-order valence-electron chi connectivity index (χ1n) is 7.72. The van der Waals surface area contributed by atoms with Crippen LogP contribution in [0.2, 0.25) is 0 Å². The van der Waals surface area contributed by atoms with Crippen molar-refractivity contribution in [2.24, 2.45) is 5.14 Å². The molecule has 25 heavy (non-hydrogen) atoms. The lowest BCUT2D eigenvalue weighted by atomic mass is 10.1. The fourth-order valence-corrected chi connectivity index (χ4v) is 3.10. The smallest absolute Gasteiger partial charge is 0.410 e. The number of sulfonamides is 1. The fourth-order valence-electron chi connectivity index (χ4n) is 2.61. The number of amides is 1. The molecule has 136 valence electrons. The number of ether oxygens (including phenoxy) is 2. The highest BCUT2D eigenvalue weighted by Gasteiger charge is 2.38. The molecule has 1 atom stereocenters. The van der Waals surface area contributed by atoms with Crippen LogP contribution in [0.5, 0.6) is 5.75 Å². The summed E-state index contributed by atoms with van der Waals surface area (Å²) in [6, 6.07) is 6.39. The Balaban J connectivity index is 1.76. The summed E-state index contributed by atoms with van der Waals surface area (Å²) in [6.45, 7) is 6.32. The minimum absolute atomic E-state index is 0.128. The fraction of sp³-hybridized carbons (Fsp3) is 0.438. The summed E-state index contributed by atoms with van der Waals surface area (Å²) in [5.41, 5.74) is -0.0550. The molecule has 0 saturated carbocycles. The summed E-state index contributed by atoms with van der Waals surface area (Å²) in [7, 11) is -3.94. The Morgan fingerprint density at radius 1 is 1.36 bits per heavy atom. The van der Waals surface area contributed by atoms with E-state index in [1.54, 1.807) is 23.1 Å². The summed E-state index contributed by atoms with van der Waals surface area (Å²) in [5.74, 6) is 0.359. The molecule has 1 aromatic heterocycles. The van der Waals surface area contributed by atoms with Gasteiger partial charge in [0.25, 0.3) is 10.0 Å². The highest BCUT2D eigenvalue weighted by atomic mass is 32.2. The van der Waals surface area contributed by atoms with Crippen LogP contribution in [-0.2, 0) is 14.8 Å². The van der Waals surface area contributed by atoms with Crippen LogP contribution in [-0.4, -0.2) is 44.2 Å². The Labute approximate surface area is 145 Å². The summed E-state index contributed by atoms with van der Waals surface area (Å²) in [4.78, 5) is 13.6. The predicted octanol–water partition coefficient (Wildman–Crippen LogP) is 2.08. The van der Waals surface area contributed by atoms with E-state index >= 15 is 0 Å². The maximum atomic E-state index is 11.9. The molecule has 8 nitrogen and oxygen atoms in total. The van der Waals surface area contributed by atoms with Crippen molar-refractivity contribution in [1.29, 1.82) is 0 Å². The third-order valence-corrected chi connectivity index (χ3v) is 4.64. The summed E-state index contributed by atoms with van der Waals surface area (Å²) < 4.78 is 39.2. The SMILES string of the molecule is CC(C)(C)N1CC(COc2cccc3cc(S(N)(=O)=O)oc23)OC1=O. The standard InChI is InChI=1S/C16H20N2O6S/c1-16(2,3)18-8-11(23-15(18)19)9-22-12-6-4-5-10-7-13(24-14(10)12)25(17,20)21/h4-7,11H,8-9H2,1-3H3,(H2,17,20,21). The molecule has 1 aliphatic rings. The first-order valence-corrected chi connectivity index (χ1v) is 9.27. The van der Waals surface area contributed by atoms with Crippen LogP contribution in [0.15, 0.2) is 33.8 Å². The summed E-state index contributed by atoms with van der Waals surface area (Å²) in [5, 5.41) is 5.32. The first-order chi connectivity index (χ1) is 11.6. The van der Waals surface area contributed by atoms with Crippen LogP contribution in [0.1, 0.15) is 20.8 Å². The Hall–Kier alpha value is -2.26. The molecule has 1 unspecified atom stereocenters. The van der Waals surface area contributed by atoms with Crippen molar-refractivity contribution in [2.45, 2.75) is 37.5 Å². The van der Waals surface area contributed by atoms with Gasteiger partial charge in [-0.1, -0.05) is 12.1 Å². The summed E-state index contributed by atoms with van der Waals surface area (Å²) in [6.07, 6.45) is -0.802. The largest absolute Gasteiger partial charge is 0.486 e. The molecule has 1 fully saturated rings. The number of nitrogens with zero attached hydrogens (tertiary/aromatic N) is 1. The van der Waals surface area contributed by atoms with Gasteiger partial charge in [-0.15, -0.1) is 0 Å². The molecule has 1 aliphatic heterocycles. The molecule has 1 saturated heterocycles. The lowest BCUT2D eigenvalue weighted by Crippen LogP contribution is -2.42. The van der Waals surface area contributed by atoms with Crippen LogP contribution in [0.3, 0.4) is 0 Å². The van der Waals surface area contributed by atoms with E-state index < -0.39 is 16.1 Å². The average molecular weight is 368 g/mol. The van der Waals surface area contributed by atoms with Gasteiger partial charge in [-0.2, -0.15) is 0 Å². The Morgan fingerprint density at radius 2 is 2.08 bits per heavy atom. The van der Waals surface area contributed by atoms with E-state index in [9.17, 15) is 13.2 Å². The van der Waals surface area contributed by atoms with Gasteiger partial charge in [0.1, 0.15) is 6.61 Å². The van der Waals surface area contributed by atoms with Crippen LogP contribution in [0, 0.1) is 0 Å². The molecule has 2 N–H and O–H groups in total. The van der Waals surface area contributed by atoms with Crippen molar-refractivity contribution < 1.29 is 27.1 Å². The first kappa shape index (κ1) is 17.6. The lowest BCUT2D eigenvalue weighted by molar-refractivity contribution is 0.0994. The third kappa shape index (κ3) is 3.57. The van der Waals surface area contributed by atoms with Gasteiger partial charge in [0, 0.05) is 17.0 Å². The molecule has 2 aromatic rings. The number of rotatable bonds is 4. The van der Waals surface area contributed by atoms with E-state index in [-0.39, 0.29) is 28.9 Å². The number of nitrogens with two attached hydrogens (primary N) is 1. The lowest BCUT2D eigenvalue weighted by Gasteiger charge is -2.29. The van der Waals surface area contributed by atoms with Gasteiger partial charge in [-0.05, 0) is 26.8 Å². The molecular weight excluding hydrogens is 348 g/mol. The van der Waals surface area contributed by atoms with Crippen LogP contribution < -0.4 is 9.88 Å². The Morgan fingerprint density at radius 3 is 2.68 bits per heavy atom. The zero-order chi connectivity index (χ0) is 18.4. The molecule has 3 rings (SSSR count). The molecule has 2 heterocycles. The second kappa shape index (κ2) is 5.92. The number of hydrogen-bond acceptors (Lipinski definition) is 6. The quantitative estimate of drug-likeness (QED) is 0.884. The van der Waals surface area contributed by atoms with Gasteiger partial charge in [-0.25, -0.2) is 18.4 Å². The van der Waals surface area contributed by atoms with E-state index in [2.05, 4.69) is 0 Å². The molecule has 9 heteroatoms. The van der Waals surface area contributed by atoms with Crippen molar-refractivity contribution in [2.75, 3.05) is 13.2 Å². The Kier molecular flexibility index (Phi) is 4.16. The van der Waals surface area contributed by atoms with Gasteiger partial charge in [0.05, 0.1) is 6.54 Å². The number of carbonyl (C=O) groups is 1. The number of furan rings is 1. The normalized spacial score (nSPS) is 18.6. The minimum atomic E-state index is -3.94. The van der Waals surface area contributed by atoms with Crippen molar-refractivity contribution in [3.05, 3.63) is 24.3 Å². The highest BCUT2D eigenvalue weighted by molar-refractivity contribution is 7.89. The number of hydrogen-bond donors (Lipinski definition) is 1. The second-order valence-electron chi connectivity index (χ2n) is 6.88. The maximum Gasteiger partial charge on any atom is 0.410 e. The van der Waals surface area contributed by atoms with Gasteiger partial charge in [0.15, 0.2) is 17.4 Å². The van der Waals surface area contributed by atoms with Gasteiger partial charge >= 0.3 is 6.09 Å². The molecule has 0 bridgehead atoms. The van der Waals surface area contributed by atoms with Crippen LogP contribution in [0.25, 0.3) is 11.0 Å². The van der Waals surface area contributed by atoms with E-state index in [1.807, 2.05) is 20.8 Å². The minimum Gasteiger partial charge on any atom is -0.486 e. The van der Waals surface area contributed by atoms with E-state index in [0.29, 0.717) is 17.7 Å². The average Bonchev–Trinajstić information content (AvgIpc) is 3.07. The van der Waals surface area contributed by atoms with Crippen LogP contribution >= 0.6 is 0 Å². The Bertz CT molecular complexity index is 912. The predicted molar refractivity (Wildman–Crippen MR) is 89.8 cm³/mol. The number of benzene rings is 1. The van der Waals surface area contributed by atoms with Crippen molar-refractivity contribution in [3.8, 4) is 5.75 Å². The second-order valence-corrected chi connectivity index (χ2v) is 8.38. The number of para-hydroxylation sites is 1. The van der Waals surface area contributed by atoms with Gasteiger partial charge in [0.2, 0.25) is 5.09 Å². The molecular formula is C16H20N2O6S. The monoisotopic (exact) mass is 368 g/mol. The van der Waals surface area contributed by atoms with Crippen molar-refractivity contribution in [1.82, 2.24) is 4.90 Å². The molecule has 1 aromatic carbocycles. The topological polar surface area (TPSA) is 112 Å². The zero-order valence-corrected chi connectivity index (χ0v) is 15.0. The van der Waals surface area contributed by atoms with E-state index in [0.717, 1.165) is 0 Å². The summed E-state index contributed by atoms with van der Waals surface area (Å²) >= 11 is 0. The molecule has 0 radical (unpaired) electrons. The number of carbonyl (C=O) groups excluding carboxylic acids is 1. The zero-order valence-electron chi connectivity index (χ0n) is 14.2. The molecule has 1 amide bonds. The van der Waals surface area contributed by atoms with E-state index in [1.165, 1.54) is 6.07 Å². The van der Waals surface area contributed by atoms with Crippen molar-refractivity contribution in [3.63, 3.8) is 0 Å². The van der Waals surface area contributed by atoms with E-state index in [4.69, 9.17) is 19.0 Å². The third-order valence-electron chi connectivity index (χ3n) is 3.87. The number of fused-ring (bicyclic) bond motifs is 1. The van der Waals surface area contributed by atoms with Crippen LogP contribution in [0.4, 0.5) is 4.79 Å². The maximum absolute atomic E-state index is 11.9. The van der Waals surface area contributed by atoms with Crippen molar-refractivity contribution >= 4 is 27.1 Å². The number of primary sulfonamides is 1.